The van der Waals surface area contributed by atoms with Gasteiger partial charge < -0.3 is 9.47 Å². The molecule has 0 fully saturated rings. The Hall–Kier alpha value is -7.20. The summed E-state index contributed by atoms with van der Waals surface area (Å²) < 4.78 is 4.97. The summed E-state index contributed by atoms with van der Waals surface area (Å²) >= 11 is 1.88. The summed E-state index contributed by atoms with van der Waals surface area (Å²) in [6.07, 6.45) is 0. The van der Waals surface area contributed by atoms with Gasteiger partial charge in [0.15, 0.2) is 0 Å². The quantitative estimate of drug-likeness (QED) is 0.158. The van der Waals surface area contributed by atoms with Crippen LogP contribution in [-0.4, -0.2) is 4.57 Å². The van der Waals surface area contributed by atoms with Gasteiger partial charge in [-0.25, -0.2) is 0 Å². The first kappa shape index (κ1) is 33.2. The first-order valence-corrected chi connectivity index (χ1v) is 20.2. The highest BCUT2D eigenvalue weighted by Crippen LogP contribution is 2.48. The summed E-state index contributed by atoms with van der Waals surface area (Å²) in [5.74, 6) is 0. The van der Waals surface area contributed by atoms with Crippen molar-refractivity contribution in [1.29, 1.82) is 0 Å². The topological polar surface area (TPSA) is 8.17 Å². The van der Waals surface area contributed by atoms with Crippen LogP contribution in [0.5, 0.6) is 0 Å². The van der Waals surface area contributed by atoms with Gasteiger partial charge in [0.25, 0.3) is 0 Å². The number of nitrogens with zero attached hydrogens (tertiary/aromatic N) is 2. The SMILES string of the molecule is c1ccc(-c2cccc(N(c3cc(-c4ccc(-n5c6ccccc6c6ccccc65)cc4)c4sc5ccccc5c4c3)c3ccccc3-c3ccccc3)c2)cc1. The highest BCUT2D eigenvalue weighted by atomic mass is 32.1. The van der Waals surface area contributed by atoms with Crippen molar-refractivity contribution in [2.75, 3.05) is 4.90 Å². The van der Waals surface area contributed by atoms with E-state index in [0.29, 0.717) is 0 Å². The number of aromatic nitrogens is 1. The fourth-order valence-electron chi connectivity index (χ4n) is 8.56. The van der Waals surface area contributed by atoms with Gasteiger partial charge in [-0.3, -0.25) is 0 Å². The van der Waals surface area contributed by atoms with E-state index >= 15 is 0 Å². The molecule has 0 aliphatic rings. The molecule has 3 heteroatoms. The molecule has 0 saturated heterocycles. The van der Waals surface area contributed by atoms with Gasteiger partial charge in [-0.05, 0) is 82.9 Å². The summed E-state index contributed by atoms with van der Waals surface area (Å²) in [4.78, 5) is 2.45. The Bertz CT molecular complexity index is 3180. The number of fused-ring (bicyclic) bond motifs is 6. The van der Waals surface area contributed by atoms with Gasteiger partial charge in [-0.15, -0.1) is 11.3 Å². The number of hydrogen-bond donors (Lipinski definition) is 0. The lowest BCUT2D eigenvalue weighted by molar-refractivity contribution is 1.18. The Morgan fingerprint density at radius 1 is 0.351 bits per heavy atom. The minimum absolute atomic E-state index is 1.10. The van der Waals surface area contributed by atoms with E-state index in [9.17, 15) is 0 Å². The number of benzene rings is 9. The number of thiophene rings is 1. The van der Waals surface area contributed by atoms with Gasteiger partial charge in [0.1, 0.15) is 0 Å². The summed E-state index contributed by atoms with van der Waals surface area (Å²) in [7, 11) is 0. The van der Waals surface area contributed by atoms with E-state index in [2.05, 4.69) is 228 Å². The monoisotopic (exact) mass is 744 g/mol. The molecule has 0 bridgehead atoms. The van der Waals surface area contributed by atoms with Crippen LogP contribution in [0.25, 0.3) is 81.0 Å². The minimum atomic E-state index is 1.10. The van der Waals surface area contributed by atoms with Gasteiger partial charge >= 0.3 is 0 Å². The third kappa shape index (κ3) is 5.71. The number of hydrogen-bond acceptors (Lipinski definition) is 2. The molecule has 0 radical (unpaired) electrons. The number of rotatable bonds is 7. The van der Waals surface area contributed by atoms with E-state index in [-0.39, 0.29) is 0 Å². The molecule has 0 N–H and O–H groups in total. The van der Waals surface area contributed by atoms with Crippen molar-refractivity contribution in [1.82, 2.24) is 4.57 Å². The Balaban J connectivity index is 1.14. The molecule has 0 aliphatic carbocycles. The first-order chi connectivity index (χ1) is 28.3. The number of para-hydroxylation sites is 3. The van der Waals surface area contributed by atoms with Crippen molar-refractivity contribution in [3.63, 3.8) is 0 Å². The molecule has 268 valence electrons. The predicted molar refractivity (Wildman–Crippen MR) is 245 cm³/mol. The zero-order chi connectivity index (χ0) is 37.7. The summed E-state index contributed by atoms with van der Waals surface area (Å²) in [5.41, 5.74) is 14.1. The average Bonchev–Trinajstić information content (AvgIpc) is 3.83. The van der Waals surface area contributed by atoms with Crippen molar-refractivity contribution in [2.24, 2.45) is 0 Å². The minimum Gasteiger partial charge on any atom is -0.310 e. The molecule has 0 aliphatic heterocycles. The van der Waals surface area contributed by atoms with E-state index in [0.717, 1.165) is 22.7 Å². The van der Waals surface area contributed by atoms with Crippen LogP contribution in [-0.2, 0) is 0 Å². The highest BCUT2D eigenvalue weighted by Gasteiger charge is 2.22. The molecule has 0 saturated carbocycles. The summed E-state index contributed by atoms with van der Waals surface area (Å²) in [5, 5.41) is 5.07. The molecule has 0 atom stereocenters. The largest absolute Gasteiger partial charge is 0.310 e. The van der Waals surface area contributed by atoms with Gasteiger partial charge in [-0.2, -0.15) is 0 Å². The molecule has 0 unspecified atom stereocenters. The van der Waals surface area contributed by atoms with E-state index in [1.54, 1.807) is 0 Å². The molecular weight excluding hydrogens is 709 g/mol. The van der Waals surface area contributed by atoms with Crippen molar-refractivity contribution in [2.45, 2.75) is 0 Å². The van der Waals surface area contributed by atoms with Crippen LogP contribution in [0.3, 0.4) is 0 Å². The van der Waals surface area contributed by atoms with Crippen LogP contribution in [0.1, 0.15) is 0 Å². The van der Waals surface area contributed by atoms with Crippen LogP contribution in [0, 0.1) is 0 Å². The fraction of sp³-hybridized carbons (Fsp3) is 0. The second kappa shape index (κ2) is 13.8. The maximum Gasteiger partial charge on any atom is 0.0541 e. The summed E-state index contributed by atoms with van der Waals surface area (Å²) in [6.45, 7) is 0. The third-order valence-electron chi connectivity index (χ3n) is 11.2. The predicted octanol–water partition coefficient (Wildman–Crippen LogP) is 15.6. The van der Waals surface area contributed by atoms with Crippen LogP contribution >= 0.6 is 11.3 Å². The zero-order valence-corrected chi connectivity index (χ0v) is 31.9. The third-order valence-corrected chi connectivity index (χ3v) is 12.4. The zero-order valence-electron chi connectivity index (χ0n) is 31.1. The molecule has 11 aromatic rings. The van der Waals surface area contributed by atoms with Crippen molar-refractivity contribution >= 4 is 70.4 Å². The first-order valence-electron chi connectivity index (χ1n) is 19.4. The Kier molecular flexibility index (Phi) is 8.04. The normalized spacial score (nSPS) is 11.5. The molecule has 0 spiro atoms. The van der Waals surface area contributed by atoms with Crippen molar-refractivity contribution in [3.05, 3.63) is 218 Å². The van der Waals surface area contributed by atoms with E-state index in [4.69, 9.17) is 0 Å². The second-order valence-corrected chi connectivity index (χ2v) is 15.6. The lowest BCUT2D eigenvalue weighted by atomic mass is 9.98. The van der Waals surface area contributed by atoms with Crippen LogP contribution in [0.2, 0.25) is 0 Å². The molecule has 2 heterocycles. The lowest BCUT2D eigenvalue weighted by Crippen LogP contribution is -2.11. The Morgan fingerprint density at radius 2 is 0.930 bits per heavy atom. The molecule has 0 amide bonds. The van der Waals surface area contributed by atoms with Crippen LogP contribution in [0.15, 0.2) is 218 Å². The Morgan fingerprint density at radius 3 is 1.67 bits per heavy atom. The number of anilines is 3. The lowest BCUT2D eigenvalue weighted by Gasteiger charge is -2.29. The molecule has 57 heavy (non-hydrogen) atoms. The summed E-state index contributed by atoms with van der Waals surface area (Å²) in [6, 6.07) is 79.4. The van der Waals surface area contributed by atoms with E-state index < -0.39 is 0 Å². The van der Waals surface area contributed by atoms with Gasteiger partial charge in [0, 0.05) is 59.1 Å². The van der Waals surface area contributed by atoms with E-state index in [1.165, 1.54) is 75.4 Å². The molecular formula is C54H36N2S. The molecule has 2 nitrogen and oxygen atoms in total. The van der Waals surface area contributed by atoms with Crippen LogP contribution in [0.4, 0.5) is 17.1 Å². The average molecular weight is 745 g/mol. The Labute approximate surface area is 335 Å². The van der Waals surface area contributed by atoms with Gasteiger partial charge in [0.05, 0.1) is 16.7 Å². The van der Waals surface area contributed by atoms with Gasteiger partial charge in [0.2, 0.25) is 0 Å². The molecule has 11 rings (SSSR count). The molecule has 9 aromatic carbocycles. The van der Waals surface area contributed by atoms with Crippen molar-refractivity contribution in [3.8, 4) is 39.1 Å². The van der Waals surface area contributed by atoms with Crippen LogP contribution < -0.4 is 4.90 Å². The van der Waals surface area contributed by atoms with E-state index in [1.807, 2.05) is 11.3 Å². The highest BCUT2D eigenvalue weighted by molar-refractivity contribution is 7.26. The maximum absolute atomic E-state index is 2.45. The standard InChI is InChI=1S/C54H36N2S/c1-3-16-37(17-4-1)40-20-15-21-42(34-40)55(50-26-11-7-22-44(50)38-18-5-2-6-19-38)43-35-48(54-49(36-43)47-25-10-14-29-53(47)57-54)39-30-32-41(33-31-39)56-51-27-12-8-23-45(51)46-24-9-13-28-52(46)56/h1-36H. The second-order valence-electron chi connectivity index (χ2n) is 14.5. The fourth-order valence-corrected chi connectivity index (χ4v) is 9.78. The smallest absolute Gasteiger partial charge is 0.0541 e. The molecule has 2 aromatic heterocycles. The van der Waals surface area contributed by atoms with Crippen molar-refractivity contribution < 1.29 is 0 Å². The van der Waals surface area contributed by atoms with Gasteiger partial charge in [-0.1, -0.05) is 158 Å². The maximum atomic E-state index is 2.45.